The molecule has 0 aliphatic rings. The summed E-state index contributed by atoms with van der Waals surface area (Å²) in [5, 5.41) is 28.2. The number of allylic oxidation sites excluding steroid dienone is 6. The molecule has 15 aromatic rings. The van der Waals surface area contributed by atoms with Crippen LogP contribution in [0.3, 0.4) is 0 Å². The predicted octanol–water partition coefficient (Wildman–Crippen LogP) is 29.0. The van der Waals surface area contributed by atoms with Crippen LogP contribution in [0.1, 0.15) is 170 Å². The van der Waals surface area contributed by atoms with Gasteiger partial charge in [-0.25, -0.2) is 0 Å². The molecule has 0 aliphatic carbocycles. The third-order valence-electron chi connectivity index (χ3n) is 19.4. The Bertz CT molecular complexity index is 5960. The second-order valence-corrected chi connectivity index (χ2v) is 32.6. The number of benzene rings is 9. The van der Waals surface area contributed by atoms with Gasteiger partial charge in [0.05, 0.1) is 35.9 Å². The van der Waals surface area contributed by atoms with E-state index in [0.717, 1.165) is 112 Å². The monoisotopic (exact) mass is 2160 g/mol. The Hall–Kier alpha value is -11.4. The summed E-state index contributed by atoms with van der Waals surface area (Å²) in [6, 6.07) is 94.5. The van der Waals surface area contributed by atoms with E-state index < -0.39 is 0 Å². The van der Waals surface area contributed by atoms with E-state index in [1.807, 2.05) is 48.8 Å². The number of ketones is 3. The van der Waals surface area contributed by atoms with Gasteiger partial charge < -0.3 is 43.5 Å². The van der Waals surface area contributed by atoms with Crippen molar-refractivity contribution in [1.82, 2.24) is 15.0 Å². The van der Waals surface area contributed by atoms with Gasteiger partial charge in [-0.05, 0) is 162 Å². The fourth-order valence-corrected chi connectivity index (χ4v) is 13.3. The van der Waals surface area contributed by atoms with Crippen LogP contribution < -0.4 is 0 Å². The summed E-state index contributed by atoms with van der Waals surface area (Å²) in [5.74, 6) is 3.81. The normalized spacial score (nSPS) is 11.4. The number of pyridine rings is 3. The van der Waals surface area contributed by atoms with Crippen LogP contribution in [0.15, 0.2) is 310 Å². The molecule has 0 saturated heterocycles. The van der Waals surface area contributed by atoms with Crippen molar-refractivity contribution in [3.8, 4) is 101 Å². The molecule has 122 heavy (non-hydrogen) atoms. The first-order valence-electron chi connectivity index (χ1n) is 40.1. The Balaban J connectivity index is 0.000000222. The standard InChI is InChI=1S/C33H32NO.C31H28NO.C28H22NO.3C5H8O2.3Ir/c1-32(2,3)27-16-25(17-28(20-27)33(4,5)6)30-19-26-18-29(34-21-31(26)35-30)24-14-10-13-23(15-24)22-11-8-7-9-12-22;1-20(2)26-14-9-15-27(21(3)4)31(26)29-18-25-17-28(32-19-30(25)33-29)24-13-8-12-23(16-24)22-10-6-5-7-11-22;1-19(2)20-11-13-22(14-12-20)27-17-25-16-26(29-18-28(25)30-27)24-10-6-9-23(15-24)21-7-4-3-5-8-21;3*1-4(6)3-5(2)7;;;/h7-13,15-21H,1-6H3;5-12,14-21H,1-4H3;3-9,11-19H,1-2H3;3*3,6H,1-2H3;;;/q3*-1;;;;;;. The predicted molar refractivity (Wildman–Crippen MR) is 488 cm³/mol. The van der Waals surface area contributed by atoms with Crippen LogP contribution in [0.25, 0.3) is 134 Å². The van der Waals surface area contributed by atoms with Crippen molar-refractivity contribution in [1.29, 1.82) is 0 Å². The van der Waals surface area contributed by atoms with Crippen LogP contribution in [0.4, 0.5) is 0 Å². The number of nitrogens with zero attached hydrogens (tertiary/aromatic N) is 3. The number of carbonyl (C=O) groups is 3. The molecule has 0 atom stereocenters. The van der Waals surface area contributed by atoms with Gasteiger partial charge in [0.25, 0.3) is 0 Å². The van der Waals surface area contributed by atoms with E-state index in [0.29, 0.717) is 17.8 Å². The summed E-state index contributed by atoms with van der Waals surface area (Å²) in [5.41, 5.74) is 25.1. The van der Waals surface area contributed by atoms with Gasteiger partial charge in [0.15, 0.2) is 34.1 Å². The van der Waals surface area contributed by atoms with Crippen molar-refractivity contribution in [2.45, 2.75) is 153 Å². The number of hydrogen-bond donors (Lipinski definition) is 3. The van der Waals surface area contributed by atoms with Crippen molar-refractivity contribution < 1.29 is 103 Å². The first kappa shape index (κ1) is 97.7. The van der Waals surface area contributed by atoms with E-state index in [1.165, 1.54) is 110 Å². The van der Waals surface area contributed by atoms with E-state index in [-0.39, 0.29) is 106 Å². The molecule has 6 heterocycles. The summed E-state index contributed by atoms with van der Waals surface area (Å²) in [7, 11) is 0. The third-order valence-corrected chi connectivity index (χ3v) is 19.4. The largest absolute Gasteiger partial charge is 0.512 e. The van der Waals surface area contributed by atoms with Gasteiger partial charge in [0.2, 0.25) is 0 Å². The molecule has 9 aromatic carbocycles. The van der Waals surface area contributed by atoms with Gasteiger partial charge in [-0.15, -0.1) is 106 Å². The maximum absolute atomic E-state index is 10.0. The number of aliphatic hydroxyl groups is 3. The molecule has 15 rings (SSSR count). The molecular formula is C107H106Ir3N3O9-3. The molecule has 0 unspecified atom stereocenters. The first-order valence-corrected chi connectivity index (χ1v) is 40.1. The first-order chi connectivity index (χ1) is 56.6. The molecule has 0 spiro atoms. The summed E-state index contributed by atoms with van der Waals surface area (Å²) in [4.78, 5) is 44.1. The van der Waals surface area contributed by atoms with E-state index in [9.17, 15) is 14.4 Å². The van der Waals surface area contributed by atoms with Crippen molar-refractivity contribution >= 4 is 50.3 Å². The van der Waals surface area contributed by atoms with Crippen LogP contribution in [0.5, 0.6) is 0 Å². The van der Waals surface area contributed by atoms with Crippen LogP contribution in [-0.2, 0) is 85.5 Å². The average Bonchev–Trinajstić information content (AvgIpc) is 1.60. The topological polar surface area (TPSA) is 190 Å². The van der Waals surface area contributed by atoms with Crippen LogP contribution >= 0.6 is 0 Å². The van der Waals surface area contributed by atoms with Crippen molar-refractivity contribution in [2.75, 3.05) is 0 Å². The minimum Gasteiger partial charge on any atom is -0.512 e. The fourth-order valence-electron chi connectivity index (χ4n) is 13.3. The SMILES string of the molecule is CC(=O)C=C(C)O.CC(=O)C=C(C)O.CC(=O)C=C(C)O.CC(C)(C)c1cc(-c2cc3cc(-c4[c-]ccc(-c5ccccc5)c4)ncc3o2)cc(C(C)(C)C)c1.CC(C)c1ccc(-c2cc3cc(-c4[c-]ccc(-c5ccccc5)c4)ncc3o2)cc1.CC(C)c1cccc(C(C)C)c1-c1cc2cc(-c3[c-]ccc(-c4ccccc4)c3)ncc2o1.[Ir].[Ir].[Ir]. The molecule has 12 nitrogen and oxygen atoms in total. The molecular weight excluding hydrogens is 2050 g/mol. The Morgan fingerprint density at radius 1 is 0.336 bits per heavy atom. The molecule has 0 fully saturated rings. The van der Waals surface area contributed by atoms with Crippen molar-refractivity contribution in [3.63, 3.8) is 0 Å². The summed E-state index contributed by atoms with van der Waals surface area (Å²) >= 11 is 0. The molecule has 0 amide bonds. The van der Waals surface area contributed by atoms with Gasteiger partial charge in [-0.2, -0.15) is 0 Å². The Morgan fingerprint density at radius 2 is 0.648 bits per heavy atom. The molecule has 0 aliphatic heterocycles. The number of rotatable bonds is 15. The molecule has 6 aromatic heterocycles. The van der Waals surface area contributed by atoms with Crippen molar-refractivity contribution in [3.05, 3.63) is 343 Å². The van der Waals surface area contributed by atoms with E-state index in [1.54, 1.807) is 6.20 Å². The van der Waals surface area contributed by atoms with Gasteiger partial charge >= 0.3 is 0 Å². The van der Waals surface area contributed by atoms with Gasteiger partial charge in [-0.1, -0.05) is 241 Å². The minimum absolute atomic E-state index is 0. The zero-order chi connectivity index (χ0) is 85.8. The van der Waals surface area contributed by atoms with Crippen LogP contribution in [-0.4, -0.2) is 47.6 Å². The van der Waals surface area contributed by atoms with Gasteiger partial charge in [0, 0.05) is 111 Å². The molecule has 0 bridgehead atoms. The number of aliphatic hydroxyl groups excluding tert-OH is 3. The Kier molecular flexibility index (Phi) is 36.0. The number of carbonyl (C=O) groups excluding carboxylic acids is 3. The van der Waals surface area contributed by atoms with E-state index in [4.69, 9.17) is 38.5 Å². The zero-order valence-electron chi connectivity index (χ0n) is 72.4. The Morgan fingerprint density at radius 3 is 0.934 bits per heavy atom. The number of fused-ring (bicyclic) bond motifs is 3. The van der Waals surface area contributed by atoms with Crippen LogP contribution in [0.2, 0.25) is 0 Å². The number of hydrogen-bond acceptors (Lipinski definition) is 12. The molecule has 3 radical (unpaired) electrons. The Labute approximate surface area is 759 Å². The second-order valence-electron chi connectivity index (χ2n) is 32.6. The molecule has 3 N–H and O–H groups in total. The second kappa shape index (κ2) is 45.0. The van der Waals surface area contributed by atoms with Crippen molar-refractivity contribution in [2.24, 2.45) is 0 Å². The maximum atomic E-state index is 10.0. The number of aromatic nitrogens is 3. The smallest absolute Gasteiger partial charge is 0.155 e. The van der Waals surface area contributed by atoms with Gasteiger partial charge in [0.1, 0.15) is 17.3 Å². The summed E-state index contributed by atoms with van der Waals surface area (Å²) in [6.45, 7) is 35.4. The third kappa shape index (κ3) is 27.6. The van der Waals surface area contributed by atoms with Gasteiger partial charge in [-0.3, -0.25) is 14.4 Å². The zero-order valence-corrected chi connectivity index (χ0v) is 79.6. The summed E-state index contributed by atoms with van der Waals surface area (Å²) in [6.07, 6.45) is 8.97. The average molecular weight is 2150 g/mol. The van der Waals surface area contributed by atoms with Crippen LogP contribution in [0, 0.1) is 18.2 Å². The van der Waals surface area contributed by atoms with E-state index >= 15 is 0 Å². The molecule has 633 valence electrons. The minimum atomic E-state index is -0.125. The van der Waals surface area contributed by atoms with E-state index in [2.05, 4.69) is 313 Å². The maximum Gasteiger partial charge on any atom is 0.155 e. The molecule has 15 heteroatoms. The molecule has 0 saturated carbocycles. The quantitative estimate of drug-likeness (QED) is 0.0501. The fraction of sp³-hybridized carbons (Fsp3) is 0.215. The summed E-state index contributed by atoms with van der Waals surface area (Å²) < 4.78 is 18.7. The number of furan rings is 3.